The monoisotopic (exact) mass is 309 g/mol. The highest BCUT2D eigenvalue weighted by Crippen LogP contribution is 2.39. The summed E-state index contributed by atoms with van der Waals surface area (Å²) < 4.78 is 43.0. The second kappa shape index (κ2) is 6.38. The number of halogens is 3. The van der Waals surface area contributed by atoms with Gasteiger partial charge in [-0.05, 0) is 32.1 Å². The number of alkyl halides is 3. The molecule has 1 aliphatic rings. The van der Waals surface area contributed by atoms with Gasteiger partial charge in [0.1, 0.15) is 0 Å². The van der Waals surface area contributed by atoms with Crippen molar-refractivity contribution >= 4 is 11.3 Å². The lowest BCUT2D eigenvalue weighted by Crippen LogP contribution is -2.36. The predicted octanol–water partition coefficient (Wildman–Crippen LogP) is 2.87. The Labute approximate surface area is 119 Å². The molecule has 20 heavy (non-hydrogen) atoms. The van der Waals surface area contributed by atoms with E-state index in [0.29, 0.717) is 35.2 Å². The lowest BCUT2D eigenvalue weighted by Gasteiger charge is -2.36. The molecule has 0 aliphatic heterocycles. The molecule has 0 bridgehead atoms. The molecular weight excluding hydrogens is 291 g/mol. The van der Waals surface area contributed by atoms with E-state index < -0.39 is 11.2 Å². The van der Waals surface area contributed by atoms with E-state index in [9.17, 15) is 13.2 Å². The fourth-order valence-electron chi connectivity index (χ4n) is 2.42. The van der Waals surface area contributed by atoms with Gasteiger partial charge in [0.05, 0.1) is 12.1 Å². The maximum atomic E-state index is 12.5. The van der Waals surface area contributed by atoms with Crippen LogP contribution in [0.4, 0.5) is 13.2 Å². The SMILES string of the molecule is CCOC1CC(CC(NN)c2cnc(C(F)(F)F)s2)C1. The van der Waals surface area contributed by atoms with E-state index in [0.717, 1.165) is 12.8 Å². The average molecular weight is 309 g/mol. The highest BCUT2D eigenvalue weighted by atomic mass is 32.1. The fourth-order valence-corrected chi connectivity index (χ4v) is 3.27. The van der Waals surface area contributed by atoms with Crippen molar-refractivity contribution in [2.45, 2.75) is 44.5 Å². The molecule has 3 N–H and O–H groups in total. The smallest absolute Gasteiger partial charge is 0.378 e. The van der Waals surface area contributed by atoms with Crippen LogP contribution < -0.4 is 11.3 Å². The van der Waals surface area contributed by atoms with Gasteiger partial charge in [0.2, 0.25) is 0 Å². The third-order valence-electron chi connectivity index (χ3n) is 3.47. The van der Waals surface area contributed by atoms with Crippen LogP contribution in [0.5, 0.6) is 0 Å². The second-order valence-electron chi connectivity index (χ2n) is 4.94. The van der Waals surface area contributed by atoms with E-state index >= 15 is 0 Å². The maximum Gasteiger partial charge on any atom is 0.443 e. The minimum atomic E-state index is -4.39. The van der Waals surface area contributed by atoms with Crippen molar-refractivity contribution in [3.05, 3.63) is 16.1 Å². The minimum Gasteiger partial charge on any atom is -0.378 e. The lowest BCUT2D eigenvalue weighted by molar-refractivity contribution is -0.137. The molecule has 1 aromatic heterocycles. The van der Waals surface area contributed by atoms with Gasteiger partial charge in [0, 0.05) is 17.7 Å². The summed E-state index contributed by atoms with van der Waals surface area (Å²) in [5.74, 6) is 5.89. The summed E-state index contributed by atoms with van der Waals surface area (Å²) in [6.45, 7) is 2.65. The Morgan fingerprint density at radius 2 is 2.25 bits per heavy atom. The van der Waals surface area contributed by atoms with Gasteiger partial charge >= 0.3 is 6.18 Å². The van der Waals surface area contributed by atoms with Gasteiger partial charge in [-0.1, -0.05) is 0 Å². The van der Waals surface area contributed by atoms with E-state index in [2.05, 4.69) is 10.4 Å². The minimum absolute atomic E-state index is 0.281. The van der Waals surface area contributed by atoms with Crippen LogP contribution in [0.15, 0.2) is 6.20 Å². The molecule has 1 aliphatic carbocycles. The predicted molar refractivity (Wildman–Crippen MR) is 69.9 cm³/mol. The van der Waals surface area contributed by atoms with Gasteiger partial charge in [-0.2, -0.15) is 13.2 Å². The molecule has 1 fully saturated rings. The number of hydrazine groups is 1. The maximum absolute atomic E-state index is 12.5. The van der Waals surface area contributed by atoms with Crippen molar-refractivity contribution in [2.24, 2.45) is 11.8 Å². The van der Waals surface area contributed by atoms with Crippen LogP contribution in [-0.2, 0) is 10.9 Å². The Balaban J connectivity index is 1.91. The van der Waals surface area contributed by atoms with Crippen LogP contribution in [0.25, 0.3) is 0 Å². The summed E-state index contributed by atoms with van der Waals surface area (Å²) >= 11 is 0.650. The molecule has 2 rings (SSSR count). The summed E-state index contributed by atoms with van der Waals surface area (Å²) in [4.78, 5) is 3.95. The van der Waals surface area contributed by atoms with Crippen molar-refractivity contribution in [3.63, 3.8) is 0 Å². The average Bonchev–Trinajstić information content (AvgIpc) is 2.81. The number of rotatable bonds is 6. The van der Waals surface area contributed by atoms with E-state index in [1.807, 2.05) is 6.92 Å². The molecule has 0 spiro atoms. The first-order valence-electron chi connectivity index (χ1n) is 6.54. The number of nitrogens with zero attached hydrogens (tertiary/aromatic N) is 1. The molecule has 1 saturated carbocycles. The summed E-state index contributed by atoms with van der Waals surface area (Å²) in [6.07, 6.45) is -0.251. The van der Waals surface area contributed by atoms with Crippen molar-refractivity contribution in [2.75, 3.05) is 6.61 Å². The Kier molecular flexibility index (Phi) is 5.00. The fraction of sp³-hybridized carbons (Fsp3) is 0.750. The molecule has 0 saturated heterocycles. The van der Waals surface area contributed by atoms with Crippen LogP contribution >= 0.6 is 11.3 Å². The number of nitrogens with two attached hydrogens (primary N) is 1. The molecule has 1 aromatic rings. The van der Waals surface area contributed by atoms with E-state index in [4.69, 9.17) is 10.6 Å². The van der Waals surface area contributed by atoms with Crippen molar-refractivity contribution in [1.82, 2.24) is 10.4 Å². The van der Waals surface area contributed by atoms with Gasteiger partial charge in [-0.15, -0.1) is 11.3 Å². The number of hydrogen-bond donors (Lipinski definition) is 2. The van der Waals surface area contributed by atoms with Gasteiger partial charge in [0.15, 0.2) is 5.01 Å². The Morgan fingerprint density at radius 3 is 2.75 bits per heavy atom. The van der Waals surface area contributed by atoms with Crippen LogP contribution in [0.1, 0.15) is 42.1 Å². The number of ether oxygens (including phenoxy) is 1. The van der Waals surface area contributed by atoms with Gasteiger partial charge < -0.3 is 4.74 Å². The van der Waals surface area contributed by atoms with Crippen molar-refractivity contribution in [3.8, 4) is 0 Å². The molecular formula is C12H18F3N3OS. The number of hydrogen-bond acceptors (Lipinski definition) is 5. The van der Waals surface area contributed by atoms with Crippen LogP contribution in [0, 0.1) is 5.92 Å². The molecule has 8 heteroatoms. The lowest BCUT2D eigenvalue weighted by atomic mass is 9.78. The highest BCUT2D eigenvalue weighted by molar-refractivity contribution is 7.11. The normalized spacial score (nSPS) is 24.4. The number of nitrogens with one attached hydrogen (secondary N) is 1. The van der Waals surface area contributed by atoms with E-state index in [1.165, 1.54) is 6.20 Å². The molecule has 1 atom stereocenters. The Morgan fingerprint density at radius 1 is 1.55 bits per heavy atom. The first kappa shape index (κ1) is 15.7. The first-order valence-corrected chi connectivity index (χ1v) is 7.36. The largest absolute Gasteiger partial charge is 0.443 e. The zero-order chi connectivity index (χ0) is 14.8. The van der Waals surface area contributed by atoms with Gasteiger partial charge in [-0.3, -0.25) is 11.3 Å². The molecule has 0 amide bonds. The summed E-state index contributed by atoms with van der Waals surface area (Å²) in [6, 6.07) is -0.281. The quantitative estimate of drug-likeness (QED) is 0.626. The summed E-state index contributed by atoms with van der Waals surface area (Å²) in [7, 11) is 0. The zero-order valence-electron chi connectivity index (χ0n) is 11.1. The van der Waals surface area contributed by atoms with Crippen molar-refractivity contribution in [1.29, 1.82) is 0 Å². The Bertz CT molecular complexity index is 432. The standard InChI is InChI=1S/C12H18F3N3OS/c1-2-19-8-3-7(4-8)5-9(18-16)10-6-17-11(20-10)12(13,14)15/h6-9,18H,2-5,16H2,1H3. The topological polar surface area (TPSA) is 60.2 Å². The second-order valence-corrected chi connectivity index (χ2v) is 6.00. The van der Waals surface area contributed by atoms with E-state index in [-0.39, 0.29) is 12.1 Å². The Hall–Kier alpha value is -0.700. The molecule has 0 radical (unpaired) electrons. The van der Waals surface area contributed by atoms with Gasteiger partial charge in [0.25, 0.3) is 0 Å². The van der Waals surface area contributed by atoms with Crippen LogP contribution in [0.3, 0.4) is 0 Å². The van der Waals surface area contributed by atoms with E-state index in [1.54, 1.807) is 0 Å². The zero-order valence-corrected chi connectivity index (χ0v) is 11.9. The summed E-state index contributed by atoms with van der Waals surface area (Å²) in [5, 5.41) is -0.825. The molecule has 0 aromatic carbocycles. The van der Waals surface area contributed by atoms with Crippen molar-refractivity contribution < 1.29 is 17.9 Å². The first-order chi connectivity index (χ1) is 9.44. The van der Waals surface area contributed by atoms with Crippen LogP contribution in [-0.4, -0.2) is 17.7 Å². The third-order valence-corrected chi connectivity index (χ3v) is 4.63. The number of aromatic nitrogens is 1. The third kappa shape index (κ3) is 3.69. The summed E-state index contributed by atoms with van der Waals surface area (Å²) in [5.41, 5.74) is 2.59. The molecule has 114 valence electrons. The van der Waals surface area contributed by atoms with Gasteiger partial charge in [-0.25, -0.2) is 4.98 Å². The number of thiazole rings is 1. The molecule has 1 heterocycles. The molecule has 1 unspecified atom stereocenters. The highest BCUT2D eigenvalue weighted by Gasteiger charge is 2.36. The molecule has 4 nitrogen and oxygen atoms in total. The van der Waals surface area contributed by atoms with Crippen LogP contribution in [0.2, 0.25) is 0 Å².